The Morgan fingerprint density at radius 2 is 2.00 bits per heavy atom. The molecule has 2 aliphatic heterocycles. The van der Waals surface area contributed by atoms with Gasteiger partial charge in [-0.1, -0.05) is 6.92 Å². The number of rotatable bonds is 5. The Bertz CT molecular complexity index is 512. The molecular weight excluding hydrogens is 314 g/mol. The van der Waals surface area contributed by atoms with Crippen molar-refractivity contribution in [2.75, 3.05) is 46.3 Å². The van der Waals surface area contributed by atoms with Crippen LogP contribution in [0.25, 0.3) is 0 Å². The summed E-state index contributed by atoms with van der Waals surface area (Å²) in [6, 6.07) is 0. The monoisotopic (exact) mass is 347 g/mol. The SMILES string of the molecule is CCN1CCC(CCNC(=NC)N2CCC(c3ncn[nH]3)CC2)CC1. The van der Waals surface area contributed by atoms with E-state index in [1.54, 1.807) is 6.33 Å². The van der Waals surface area contributed by atoms with E-state index < -0.39 is 0 Å². The minimum atomic E-state index is 0.501. The molecule has 0 aromatic carbocycles. The Balaban J connectivity index is 1.37. The molecule has 7 heteroatoms. The van der Waals surface area contributed by atoms with Gasteiger partial charge in [-0.05, 0) is 57.7 Å². The fourth-order valence-electron chi connectivity index (χ4n) is 4.09. The van der Waals surface area contributed by atoms with Crippen molar-refractivity contribution in [1.29, 1.82) is 0 Å². The van der Waals surface area contributed by atoms with E-state index in [4.69, 9.17) is 0 Å². The third-order valence-corrected chi connectivity index (χ3v) is 5.82. The fourth-order valence-corrected chi connectivity index (χ4v) is 4.09. The Kier molecular flexibility index (Phi) is 6.67. The number of guanidine groups is 1. The van der Waals surface area contributed by atoms with Crippen molar-refractivity contribution < 1.29 is 0 Å². The Labute approximate surface area is 151 Å². The van der Waals surface area contributed by atoms with E-state index >= 15 is 0 Å². The molecule has 2 N–H and O–H groups in total. The van der Waals surface area contributed by atoms with Crippen LogP contribution in [0.3, 0.4) is 0 Å². The summed E-state index contributed by atoms with van der Waals surface area (Å²) in [5.74, 6) is 3.45. The van der Waals surface area contributed by atoms with Crippen LogP contribution in [0.1, 0.15) is 50.8 Å². The number of hydrogen-bond donors (Lipinski definition) is 2. The van der Waals surface area contributed by atoms with Gasteiger partial charge < -0.3 is 15.1 Å². The lowest BCUT2D eigenvalue weighted by atomic mass is 9.93. The van der Waals surface area contributed by atoms with Gasteiger partial charge in [0.15, 0.2) is 5.96 Å². The van der Waals surface area contributed by atoms with Crippen molar-refractivity contribution in [3.8, 4) is 0 Å². The molecule has 1 aromatic rings. The molecule has 0 spiro atoms. The second kappa shape index (κ2) is 9.17. The summed E-state index contributed by atoms with van der Waals surface area (Å²) in [5.41, 5.74) is 0. The largest absolute Gasteiger partial charge is 0.356 e. The zero-order valence-electron chi connectivity index (χ0n) is 15.7. The van der Waals surface area contributed by atoms with Gasteiger partial charge in [0.1, 0.15) is 12.2 Å². The van der Waals surface area contributed by atoms with E-state index in [-0.39, 0.29) is 0 Å². The molecule has 1 aromatic heterocycles. The molecule has 0 atom stereocenters. The van der Waals surface area contributed by atoms with E-state index in [0.29, 0.717) is 5.92 Å². The van der Waals surface area contributed by atoms with Gasteiger partial charge in [0.2, 0.25) is 0 Å². The van der Waals surface area contributed by atoms with E-state index in [1.165, 1.54) is 38.9 Å². The van der Waals surface area contributed by atoms with Crippen molar-refractivity contribution in [2.24, 2.45) is 10.9 Å². The smallest absolute Gasteiger partial charge is 0.193 e. The van der Waals surface area contributed by atoms with Gasteiger partial charge in [-0.15, -0.1) is 0 Å². The van der Waals surface area contributed by atoms with Gasteiger partial charge >= 0.3 is 0 Å². The quantitative estimate of drug-likeness (QED) is 0.626. The molecule has 0 unspecified atom stereocenters. The lowest BCUT2D eigenvalue weighted by molar-refractivity contribution is 0.187. The first kappa shape index (κ1) is 18.2. The molecule has 25 heavy (non-hydrogen) atoms. The van der Waals surface area contributed by atoms with Crippen molar-refractivity contribution in [3.63, 3.8) is 0 Å². The topological polar surface area (TPSA) is 72.4 Å². The van der Waals surface area contributed by atoms with Crippen molar-refractivity contribution in [2.45, 2.75) is 44.9 Å². The molecular formula is C18H33N7. The van der Waals surface area contributed by atoms with Crippen LogP contribution in [0.2, 0.25) is 0 Å². The molecule has 0 radical (unpaired) electrons. The van der Waals surface area contributed by atoms with E-state index in [1.807, 2.05) is 7.05 Å². The van der Waals surface area contributed by atoms with Crippen LogP contribution in [0.5, 0.6) is 0 Å². The molecule has 0 bridgehead atoms. The zero-order valence-corrected chi connectivity index (χ0v) is 15.7. The number of hydrogen-bond acceptors (Lipinski definition) is 4. The number of nitrogens with one attached hydrogen (secondary N) is 2. The maximum atomic E-state index is 4.49. The molecule has 0 amide bonds. The van der Waals surface area contributed by atoms with E-state index in [0.717, 1.165) is 50.2 Å². The average Bonchev–Trinajstić information content (AvgIpc) is 3.21. The Morgan fingerprint density at radius 1 is 1.24 bits per heavy atom. The minimum Gasteiger partial charge on any atom is -0.356 e. The molecule has 2 aliphatic rings. The first-order valence-electron chi connectivity index (χ1n) is 9.83. The molecule has 0 saturated carbocycles. The van der Waals surface area contributed by atoms with Gasteiger partial charge in [-0.2, -0.15) is 5.10 Å². The summed E-state index contributed by atoms with van der Waals surface area (Å²) < 4.78 is 0. The molecule has 140 valence electrons. The third kappa shape index (κ3) is 4.93. The zero-order chi connectivity index (χ0) is 17.5. The van der Waals surface area contributed by atoms with Gasteiger partial charge in [0, 0.05) is 32.6 Å². The van der Waals surface area contributed by atoms with Crippen LogP contribution in [0.15, 0.2) is 11.3 Å². The number of aliphatic imine (C=N–C) groups is 1. The van der Waals surface area contributed by atoms with Gasteiger partial charge in [-0.25, -0.2) is 4.98 Å². The number of aromatic nitrogens is 3. The highest BCUT2D eigenvalue weighted by Gasteiger charge is 2.24. The van der Waals surface area contributed by atoms with Crippen LogP contribution in [-0.4, -0.2) is 77.3 Å². The summed E-state index contributed by atoms with van der Waals surface area (Å²) in [4.78, 5) is 13.7. The van der Waals surface area contributed by atoms with Crippen molar-refractivity contribution >= 4 is 5.96 Å². The maximum Gasteiger partial charge on any atom is 0.193 e. The molecule has 2 fully saturated rings. The van der Waals surface area contributed by atoms with Crippen LogP contribution in [0, 0.1) is 5.92 Å². The summed E-state index contributed by atoms with van der Waals surface area (Å²) in [5, 5.41) is 10.6. The lowest BCUT2D eigenvalue weighted by Gasteiger charge is -2.34. The van der Waals surface area contributed by atoms with Gasteiger partial charge in [-0.3, -0.25) is 10.1 Å². The highest BCUT2D eigenvalue weighted by Crippen LogP contribution is 2.25. The van der Waals surface area contributed by atoms with E-state index in [9.17, 15) is 0 Å². The lowest BCUT2D eigenvalue weighted by Crippen LogP contribution is -2.46. The normalized spacial score (nSPS) is 21.7. The molecule has 7 nitrogen and oxygen atoms in total. The summed E-state index contributed by atoms with van der Waals surface area (Å²) in [6.07, 6.45) is 7.75. The average molecular weight is 348 g/mol. The van der Waals surface area contributed by atoms with Gasteiger partial charge in [0.25, 0.3) is 0 Å². The highest BCUT2D eigenvalue weighted by atomic mass is 15.3. The summed E-state index contributed by atoms with van der Waals surface area (Å²) >= 11 is 0. The minimum absolute atomic E-state index is 0.501. The molecule has 3 heterocycles. The number of likely N-dealkylation sites (tertiary alicyclic amines) is 2. The number of aromatic amines is 1. The van der Waals surface area contributed by atoms with Crippen LogP contribution in [-0.2, 0) is 0 Å². The standard InChI is InChI=1S/C18H33N7/c1-3-24-10-5-15(6-11-24)4-9-20-18(19-2)25-12-7-16(8-13-25)17-21-14-22-23-17/h14-16H,3-13H2,1-2H3,(H,19,20)(H,21,22,23). The summed E-state index contributed by atoms with van der Waals surface area (Å²) in [7, 11) is 1.89. The predicted molar refractivity (Wildman–Crippen MR) is 101 cm³/mol. The Morgan fingerprint density at radius 3 is 2.60 bits per heavy atom. The van der Waals surface area contributed by atoms with E-state index in [2.05, 4.69) is 42.2 Å². The van der Waals surface area contributed by atoms with Crippen LogP contribution in [0.4, 0.5) is 0 Å². The maximum absolute atomic E-state index is 4.49. The molecule has 3 rings (SSSR count). The predicted octanol–water partition coefficient (Wildman–Crippen LogP) is 1.68. The summed E-state index contributed by atoms with van der Waals surface area (Å²) in [6.45, 7) is 9.08. The van der Waals surface area contributed by atoms with Crippen LogP contribution >= 0.6 is 0 Å². The fraction of sp³-hybridized carbons (Fsp3) is 0.833. The first-order valence-corrected chi connectivity index (χ1v) is 9.83. The first-order chi connectivity index (χ1) is 12.3. The van der Waals surface area contributed by atoms with Crippen molar-refractivity contribution in [1.82, 2.24) is 30.3 Å². The Hall–Kier alpha value is -1.63. The second-order valence-electron chi connectivity index (χ2n) is 7.27. The highest BCUT2D eigenvalue weighted by molar-refractivity contribution is 5.79. The molecule has 2 saturated heterocycles. The number of H-pyrrole nitrogens is 1. The number of nitrogens with zero attached hydrogens (tertiary/aromatic N) is 5. The molecule has 0 aliphatic carbocycles. The third-order valence-electron chi connectivity index (χ3n) is 5.82. The van der Waals surface area contributed by atoms with Gasteiger partial charge in [0.05, 0.1) is 0 Å². The van der Waals surface area contributed by atoms with Crippen molar-refractivity contribution in [3.05, 3.63) is 12.2 Å². The van der Waals surface area contributed by atoms with Crippen LogP contribution < -0.4 is 5.32 Å². The number of piperidine rings is 2. The second-order valence-corrected chi connectivity index (χ2v) is 7.27.